The molecule has 0 spiro atoms. The van der Waals surface area contributed by atoms with E-state index in [0.29, 0.717) is 24.2 Å². The zero-order valence-electron chi connectivity index (χ0n) is 43.9. The summed E-state index contributed by atoms with van der Waals surface area (Å²) in [6.45, 7) is 14.3. The summed E-state index contributed by atoms with van der Waals surface area (Å²) in [5.74, 6) is -0.341. The lowest BCUT2D eigenvalue weighted by Crippen LogP contribution is -2.28. The first-order chi connectivity index (χ1) is 37.0. The van der Waals surface area contributed by atoms with Crippen molar-refractivity contribution in [3.8, 4) is 0 Å². The van der Waals surface area contributed by atoms with Crippen LogP contribution in [0.3, 0.4) is 0 Å². The van der Waals surface area contributed by atoms with E-state index >= 15 is 0 Å². The van der Waals surface area contributed by atoms with E-state index in [-0.39, 0.29) is 23.4 Å². The van der Waals surface area contributed by atoms with Crippen LogP contribution in [0.2, 0.25) is 0 Å². The van der Waals surface area contributed by atoms with E-state index in [4.69, 9.17) is 0 Å². The predicted molar refractivity (Wildman–Crippen MR) is 321 cm³/mol. The Balaban J connectivity index is 0.967. The van der Waals surface area contributed by atoms with E-state index in [1.807, 2.05) is 62.4 Å². The lowest BCUT2D eigenvalue weighted by atomic mass is 10.0. The van der Waals surface area contributed by atoms with Crippen LogP contribution in [0, 0.1) is 0 Å². The molecule has 8 nitrogen and oxygen atoms in total. The number of benzene rings is 5. The lowest BCUT2D eigenvalue weighted by molar-refractivity contribution is -0.117. The summed E-state index contributed by atoms with van der Waals surface area (Å²) in [7, 11) is 0. The quantitative estimate of drug-likeness (QED) is 0.0625. The smallest absolute Gasteiger partial charge is 0.223 e. The van der Waals surface area contributed by atoms with E-state index in [9.17, 15) is 19.2 Å². The monoisotopic (exact) mass is 1080 g/mol. The molecular formula is C64H62N4O4S4. The molecule has 9 rings (SSSR count). The number of rotatable bonds is 18. The van der Waals surface area contributed by atoms with Gasteiger partial charge in [0, 0.05) is 80.5 Å². The number of hydrogen-bond acceptors (Lipinski definition) is 10. The van der Waals surface area contributed by atoms with Gasteiger partial charge in [0.25, 0.3) is 0 Å². The summed E-state index contributed by atoms with van der Waals surface area (Å²) >= 11 is 6.83. The van der Waals surface area contributed by atoms with Crippen molar-refractivity contribution in [3.05, 3.63) is 223 Å². The van der Waals surface area contributed by atoms with Crippen molar-refractivity contribution in [1.82, 2.24) is 0 Å². The van der Waals surface area contributed by atoms with Crippen LogP contribution in [0.1, 0.15) is 87.9 Å². The molecule has 2 aliphatic carbocycles. The van der Waals surface area contributed by atoms with Crippen molar-refractivity contribution in [1.29, 1.82) is 0 Å². The summed E-state index contributed by atoms with van der Waals surface area (Å²) < 4.78 is 0. The third-order valence-electron chi connectivity index (χ3n) is 13.7. The van der Waals surface area contributed by atoms with Crippen molar-refractivity contribution in [2.75, 3.05) is 45.8 Å². The molecule has 0 saturated carbocycles. The van der Waals surface area contributed by atoms with Crippen molar-refractivity contribution in [2.45, 2.75) is 86.8 Å². The van der Waals surface area contributed by atoms with Gasteiger partial charge in [-0.25, -0.2) is 0 Å². The number of thioether (sulfide) groups is 4. The fourth-order valence-electron chi connectivity index (χ4n) is 9.88. The number of fused-ring (bicyclic) bond motifs is 2. The number of carbonyl (C=O) groups excluding carboxylic acids is 4. The standard InChI is InChI=1S/C64H62N4O4S4/c1-7-65(43(5)69)51-19-11-17-25-59(51)75-63-47(31-33-49(63)37-41-61-67(9-3)53-21-13-15-23-57(53)73-61)35-39-55(71)45-27-29-46(30-28-45)56(72)40-36-48-32-34-50(38-42-62-68(10-4)54-22-14-16-24-58(54)74-62)64(48)76-60-26-18-12-20-52(60)66(8-2)44(6)70/h11-30,35-42H,7-10,31-34H2,1-6H3/b39-35+,40-36+,49-37+,50-38+,61-41+,62-42+. The van der Waals surface area contributed by atoms with Gasteiger partial charge in [0.05, 0.1) is 32.8 Å². The Bertz CT molecular complexity index is 3120. The fraction of sp³-hybridized carbons (Fsp3) is 0.219. The van der Waals surface area contributed by atoms with Crippen LogP contribution in [0.4, 0.5) is 22.7 Å². The van der Waals surface area contributed by atoms with E-state index in [1.54, 1.807) is 107 Å². The molecule has 2 amide bonds. The summed E-state index contributed by atoms with van der Waals surface area (Å²) in [6, 6.07) is 39.9. The van der Waals surface area contributed by atoms with Gasteiger partial charge in [0.1, 0.15) is 0 Å². The Kier molecular flexibility index (Phi) is 17.8. The average molecular weight is 1080 g/mol. The average Bonchev–Trinajstić information content (AvgIpc) is 4.21. The highest BCUT2D eigenvalue weighted by Crippen LogP contribution is 2.50. The highest BCUT2D eigenvalue weighted by Gasteiger charge is 2.28. The first-order valence-electron chi connectivity index (χ1n) is 26.0. The van der Waals surface area contributed by atoms with Crippen LogP contribution in [-0.2, 0) is 9.59 Å². The van der Waals surface area contributed by atoms with Gasteiger partial charge >= 0.3 is 0 Å². The normalized spacial score (nSPS) is 17.4. The van der Waals surface area contributed by atoms with Gasteiger partial charge in [-0.15, -0.1) is 0 Å². The minimum atomic E-state index is -0.153. The van der Waals surface area contributed by atoms with Crippen molar-refractivity contribution in [2.24, 2.45) is 0 Å². The van der Waals surface area contributed by atoms with Gasteiger partial charge < -0.3 is 19.6 Å². The largest absolute Gasteiger partial charge is 0.335 e. The highest BCUT2D eigenvalue weighted by atomic mass is 32.2. The van der Waals surface area contributed by atoms with E-state index in [0.717, 1.165) is 80.9 Å². The molecule has 0 atom stereocenters. The zero-order valence-corrected chi connectivity index (χ0v) is 47.1. The molecule has 2 heterocycles. The molecule has 0 radical (unpaired) electrons. The molecule has 0 saturated heterocycles. The molecule has 0 bridgehead atoms. The van der Waals surface area contributed by atoms with E-state index in [2.05, 4.69) is 109 Å². The van der Waals surface area contributed by atoms with Crippen molar-refractivity contribution in [3.63, 3.8) is 0 Å². The zero-order chi connectivity index (χ0) is 53.3. The predicted octanol–water partition coefficient (Wildman–Crippen LogP) is 16.4. The number of para-hydroxylation sites is 4. The maximum atomic E-state index is 13.9. The third-order valence-corrected chi connectivity index (χ3v) is 18.6. The van der Waals surface area contributed by atoms with Gasteiger partial charge in [-0.3, -0.25) is 19.2 Å². The van der Waals surface area contributed by atoms with E-state index < -0.39 is 0 Å². The molecule has 0 N–H and O–H groups in total. The fourth-order valence-corrected chi connectivity index (χ4v) is 14.6. The number of anilines is 4. The van der Waals surface area contributed by atoms with Crippen LogP contribution < -0.4 is 19.6 Å². The molecule has 0 aromatic heterocycles. The SMILES string of the molecule is CCN(C(C)=O)c1ccccc1SC1=C(/C=C/C(=O)c2ccc(C(=O)/C=C/C3=C(Sc4ccccc4N(CC)C(C)=O)C(=C/C=C4/Sc5ccccc5N4CC)/CC3)cc2)CC/C1=C\C=C1\Sc2ccccc2N1CC. The molecule has 2 aliphatic heterocycles. The second kappa shape index (κ2) is 25.0. The second-order valence-corrected chi connectivity index (χ2v) is 22.6. The van der Waals surface area contributed by atoms with Gasteiger partial charge in [0.2, 0.25) is 11.8 Å². The van der Waals surface area contributed by atoms with Crippen LogP contribution in [-0.4, -0.2) is 49.6 Å². The molecule has 76 heavy (non-hydrogen) atoms. The first-order valence-corrected chi connectivity index (χ1v) is 29.3. The summed E-state index contributed by atoms with van der Waals surface area (Å²) in [5.41, 5.74) is 9.60. The molecule has 0 fully saturated rings. The summed E-state index contributed by atoms with van der Waals surface area (Å²) in [5, 5.41) is 2.34. The lowest BCUT2D eigenvalue weighted by Gasteiger charge is -2.22. The Morgan fingerprint density at radius 3 is 1.26 bits per heavy atom. The summed E-state index contributed by atoms with van der Waals surface area (Å²) in [6.07, 6.45) is 19.2. The van der Waals surface area contributed by atoms with Crippen LogP contribution in [0.15, 0.2) is 232 Å². The van der Waals surface area contributed by atoms with Crippen LogP contribution in [0.25, 0.3) is 0 Å². The van der Waals surface area contributed by atoms with Crippen molar-refractivity contribution < 1.29 is 19.2 Å². The Morgan fingerprint density at radius 2 is 0.882 bits per heavy atom. The van der Waals surface area contributed by atoms with Crippen LogP contribution >= 0.6 is 47.0 Å². The molecule has 0 unspecified atom stereocenters. The van der Waals surface area contributed by atoms with E-state index in [1.165, 1.54) is 42.4 Å². The number of allylic oxidation sites excluding steroid dienone is 12. The number of nitrogens with zero attached hydrogens (tertiary/aromatic N) is 4. The highest BCUT2D eigenvalue weighted by molar-refractivity contribution is 8.04. The van der Waals surface area contributed by atoms with Gasteiger partial charge in [-0.1, -0.05) is 144 Å². The molecule has 5 aromatic rings. The van der Waals surface area contributed by atoms with Crippen molar-refractivity contribution >= 4 is 93.2 Å². The molecule has 4 aliphatic rings. The molecule has 5 aromatic carbocycles. The van der Waals surface area contributed by atoms with Gasteiger partial charge in [0.15, 0.2) is 11.6 Å². The number of amides is 2. The minimum Gasteiger partial charge on any atom is -0.335 e. The second-order valence-electron chi connectivity index (χ2n) is 18.4. The Morgan fingerprint density at radius 1 is 0.500 bits per heavy atom. The number of carbonyl (C=O) groups is 4. The maximum absolute atomic E-state index is 13.9. The van der Waals surface area contributed by atoms with Crippen LogP contribution in [0.5, 0.6) is 0 Å². The number of hydrogen-bond donors (Lipinski definition) is 0. The van der Waals surface area contributed by atoms with Gasteiger partial charge in [-0.05, 0) is 149 Å². The molecule has 12 heteroatoms. The topological polar surface area (TPSA) is 81.2 Å². The minimum absolute atomic E-state index is 0.0172. The third kappa shape index (κ3) is 12.0. The molecular weight excluding hydrogens is 1020 g/mol. The summed E-state index contributed by atoms with van der Waals surface area (Å²) in [4.78, 5) is 68.2. The number of ketones is 2. The van der Waals surface area contributed by atoms with Gasteiger partial charge in [-0.2, -0.15) is 0 Å². The maximum Gasteiger partial charge on any atom is 0.223 e. The molecule has 386 valence electrons. The first kappa shape index (κ1) is 54.1. The Hall–Kier alpha value is -6.70. The Labute approximate surface area is 465 Å².